The van der Waals surface area contributed by atoms with Gasteiger partial charge in [-0.15, -0.1) is 0 Å². The summed E-state index contributed by atoms with van der Waals surface area (Å²) in [6.07, 6.45) is 4.92. The van der Waals surface area contributed by atoms with Gasteiger partial charge in [0.1, 0.15) is 28.6 Å². The second-order valence-electron chi connectivity index (χ2n) is 10.4. The lowest BCUT2D eigenvalue weighted by molar-refractivity contribution is -0.131. The van der Waals surface area contributed by atoms with E-state index < -0.39 is 5.41 Å². The van der Waals surface area contributed by atoms with Crippen molar-refractivity contribution in [3.63, 3.8) is 0 Å². The highest BCUT2D eigenvalue weighted by Gasteiger charge is 2.54. The maximum atomic E-state index is 12.6. The number of rotatable bonds is 6. The lowest BCUT2D eigenvalue weighted by Crippen LogP contribution is -2.29. The lowest BCUT2D eigenvalue weighted by atomic mass is 9.95. The second kappa shape index (κ2) is 14.4. The van der Waals surface area contributed by atoms with E-state index >= 15 is 0 Å². The fraction of sp³-hybridized carbons (Fsp3) is 0.265. The fourth-order valence-electron chi connectivity index (χ4n) is 4.17. The number of hydrogen-bond acceptors (Lipinski definition) is 3. The molecule has 1 aliphatic rings. The molecule has 0 spiro atoms. The molecule has 2 amide bonds. The number of primary amides is 1. The first-order chi connectivity index (χ1) is 19.6. The van der Waals surface area contributed by atoms with Gasteiger partial charge >= 0.3 is 0 Å². The Morgan fingerprint density at radius 3 is 1.71 bits per heavy atom. The molecule has 5 nitrogen and oxygen atoms in total. The Labute approximate surface area is 245 Å². The van der Waals surface area contributed by atoms with E-state index in [1.165, 1.54) is 57.2 Å². The number of carbonyl (C=O) groups excluding carboxylic acids is 3. The third-order valence-electron chi connectivity index (χ3n) is 7.03. The molecule has 1 aliphatic carbocycles. The van der Waals surface area contributed by atoms with Crippen LogP contribution >= 0.6 is 0 Å². The van der Waals surface area contributed by atoms with Crippen LogP contribution in [0.4, 0.5) is 18.9 Å². The minimum atomic E-state index is -0.825. The van der Waals surface area contributed by atoms with Crippen molar-refractivity contribution in [2.75, 3.05) is 5.32 Å². The number of amides is 2. The Balaban J connectivity index is 0.000000227. The Morgan fingerprint density at radius 1 is 0.810 bits per heavy atom. The third kappa shape index (κ3) is 8.77. The van der Waals surface area contributed by atoms with Crippen molar-refractivity contribution in [1.29, 1.82) is 0 Å². The second-order valence-corrected chi connectivity index (χ2v) is 10.4. The molecule has 42 heavy (non-hydrogen) atoms. The van der Waals surface area contributed by atoms with Crippen molar-refractivity contribution < 1.29 is 27.6 Å². The summed E-state index contributed by atoms with van der Waals surface area (Å²) in [6, 6.07) is 11.7. The molecule has 0 saturated heterocycles. The Hall–Kier alpha value is -4.46. The summed E-state index contributed by atoms with van der Waals surface area (Å²) >= 11 is 0. The average Bonchev–Trinajstić information content (AvgIpc) is 3.73. The van der Waals surface area contributed by atoms with Gasteiger partial charge < -0.3 is 11.1 Å². The van der Waals surface area contributed by atoms with Crippen LogP contribution in [0.2, 0.25) is 0 Å². The normalized spacial score (nSPS) is 13.0. The predicted octanol–water partition coefficient (Wildman–Crippen LogP) is 7.71. The number of allylic oxidation sites excluding steroid dienone is 3. The monoisotopic (exact) mass is 578 g/mol. The highest BCUT2D eigenvalue weighted by Crippen LogP contribution is 2.47. The molecule has 0 aromatic heterocycles. The molecule has 222 valence electrons. The van der Waals surface area contributed by atoms with Gasteiger partial charge in [-0.2, -0.15) is 0 Å². The van der Waals surface area contributed by atoms with Crippen LogP contribution in [0.15, 0.2) is 67.3 Å². The average molecular weight is 579 g/mol. The number of nitrogens with two attached hydrogens (primary N) is 1. The molecule has 3 aromatic rings. The van der Waals surface area contributed by atoms with Gasteiger partial charge in [-0.25, -0.2) is 13.2 Å². The summed E-state index contributed by atoms with van der Waals surface area (Å²) < 4.78 is 37.8. The van der Waals surface area contributed by atoms with Gasteiger partial charge in [0.15, 0.2) is 0 Å². The molecule has 0 radical (unpaired) electrons. The van der Waals surface area contributed by atoms with E-state index in [2.05, 4.69) is 11.9 Å². The summed E-state index contributed by atoms with van der Waals surface area (Å²) in [6.45, 7) is 14.1. The first-order valence-electron chi connectivity index (χ1n) is 13.3. The van der Waals surface area contributed by atoms with E-state index in [0.717, 1.165) is 22.3 Å². The number of Topliss-reactive ketones (excluding diaryl/α,β-unsaturated/α-hetero) is 1. The van der Waals surface area contributed by atoms with Crippen molar-refractivity contribution in [2.45, 2.75) is 54.4 Å². The number of ketones is 1. The molecule has 4 rings (SSSR count). The van der Waals surface area contributed by atoms with Crippen LogP contribution in [0.1, 0.15) is 64.9 Å². The molecule has 0 unspecified atom stereocenters. The van der Waals surface area contributed by atoms with Crippen molar-refractivity contribution in [2.24, 2.45) is 11.1 Å². The Kier molecular flexibility index (Phi) is 11.6. The summed E-state index contributed by atoms with van der Waals surface area (Å²) in [7, 11) is 0. The predicted molar refractivity (Wildman–Crippen MR) is 161 cm³/mol. The first-order valence-corrected chi connectivity index (χ1v) is 13.3. The Bertz CT molecular complexity index is 1470. The highest BCUT2D eigenvalue weighted by molar-refractivity contribution is 6.13. The van der Waals surface area contributed by atoms with E-state index in [9.17, 15) is 27.6 Å². The zero-order valence-electron chi connectivity index (χ0n) is 24.8. The fourth-order valence-corrected chi connectivity index (χ4v) is 4.17. The minimum Gasteiger partial charge on any atom is -0.366 e. The smallest absolute Gasteiger partial charge is 0.248 e. The van der Waals surface area contributed by atoms with E-state index in [4.69, 9.17) is 5.73 Å². The Morgan fingerprint density at radius 2 is 1.29 bits per heavy atom. The van der Waals surface area contributed by atoms with Crippen molar-refractivity contribution in [1.82, 2.24) is 0 Å². The molecule has 1 saturated carbocycles. The minimum absolute atomic E-state index is 0.105. The number of carbonyl (C=O) groups is 3. The standard InChI is InChI=1S/C14H17NO.C12H12FNO2.C8H8F2/c1-5-6-9(2)12-7-11(4)13(14(15)16)8-10(12)3;1-8(15)12(6-7-12)11(16)14-10-4-2-9(13)3-5-10;1-5-3-8(10)6(2)4-7(5)9/h5-8H,1H2,2-4H3,(H2,15,16);2-5H,6-7H2,1H3,(H,14,16);3-4H,1-2H3/b9-6-;;. The molecule has 1 fully saturated rings. The number of halogens is 3. The molecule has 0 heterocycles. The lowest BCUT2D eigenvalue weighted by Gasteiger charge is -2.11. The van der Waals surface area contributed by atoms with Crippen LogP contribution in [-0.4, -0.2) is 17.6 Å². The van der Waals surface area contributed by atoms with E-state index in [0.29, 0.717) is 35.2 Å². The number of anilines is 1. The maximum Gasteiger partial charge on any atom is 0.248 e. The van der Waals surface area contributed by atoms with Crippen LogP contribution in [0, 0.1) is 50.6 Å². The number of hydrogen-bond donors (Lipinski definition) is 2. The van der Waals surface area contributed by atoms with Gasteiger partial charge in [0, 0.05) is 11.3 Å². The van der Waals surface area contributed by atoms with Crippen LogP contribution in [0.25, 0.3) is 5.57 Å². The van der Waals surface area contributed by atoms with E-state index in [-0.39, 0.29) is 35.0 Å². The number of nitrogens with one attached hydrogen (secondary N) is 1. The molecule has 3 N–H and O–H groups in total. The van der Waals surface area contributed by atoms with Gasteiger partial charge in [0.05, 0.1) is 0 Å². The van der Waals surface area contributed by atoms with E-state index in [1.54, 1.807) is 6.08 Å². The highest BCUT2D eigenvalue weighted by atomic mass is 19.1. The molecule has 3 aromatic carbocycles. The summed E-state index contributed by atoms with van der Waals surface area (Å²) in [5.74, 6) is -1.82. The number of benzene rings is 3. The summed E-state index contributed by atoms with van der Waals surface area (Å²) in [5, 5.41) is 2.63. The largest absolute Gasteiger partial charge is 0.366 e. The van der Waals surface area contributed by atoms with Crippen LogP contribution in [0.3, 0.4) is 0 Å². The molecule has 0 atom stereocenters. The molecular formula is C34H37F3N2O3. The van der Waals surface area contributed by atoms with E-state index in [1.807, 2.05) is 39.0 Å². The molecule has 8 heteroatoms. The number of aryl methyl sites for hydroxylation is 4. The topological polar surface area (TPSA) is 89.3 Å². The molecular weight excluding hydrogens is 541 g/mol. The van der Waals surface area contributed by atoms with Gasteiger partial charge in [-0.05, 0) is 130 Å². The van der Waals surface area contributed by atoms with Crippen molar-refractivity contribution in [3.8, 4) is 0 Å². The quantitative estimate of drug-likeness (QED) is 0.232. The summed E-state index contributed by atoms with van der Waals surface area (Å²) in [5.41, 5.74) is 10.5. The zero-order valence-corrected chi connectivity index (χ0v) is 24.8. The van der Waals surface area contributed by atoms with Crippen LogP contribution in [-0.2, 0) is 9.59 Å². The SMILES string of the molecule is C=C/C=C(/C)c1cc(C)c(C(N)=O)cc1C.CC(=O)C1(C(=O)Nc2ccc(F)cc2)CC1.Cc1cc(F)c(C)cc1F. The van der Waals surface area contributed by atoms with Gasteiger partial charge in [0.25, 0.3) is 0 Å². The van der Waals surface area contributed by atoms with Crippen molar-refractivity contribution in [3.05, 3.63) is 118 Å². The van der Waals surface area contributed by atoms with Crippen molar-refractivity contribution >= 4 is 28.9 Å². The van der Waals surface area contributed by atoms with Crippen LogP contribution < -0.4 is 11.1 Å². The third-order valence-corrected chi connectivity index (χ3v) is 7.03. The van der Waals surface area contributed by atoms with Gasteiger partial charge in [-0.1, -0.05) is 24.8 Å². The zero-order chi connectivity index (χ0) is 31.8. The first kappa shape index (κ1) is 33.7. The molecule has 0 bridgehead atoms. The van der Waals surface area contributed by atoms with Crippen LogP contribution in [0.5, 0.6) is 0 Å². The maximum absolute atomic E-state index is 12.6. The summed E-state index contributed by atoms with van der Waals surface area (Å²) in [4.78, 5) is 34.3. The van der Waals surface area contributed by atoms with Gasteiger partial charge in [-0.3, -0.25) is 14.4 Å². The van der Waals surface area contributed by atoms with Gasteiger partial charge in [0.2, 0.25) is 11.8 Å². The molecule has 0 aliphatic heterocycles.